The maximum atomic E-state index is 2.21. The van der Waals surface area contributed by atoms with Crippen LogP contribution >= 0.6 is 0 Å². The van der Waals surface area contributed by atoms with Gasteiger partial charge in [0.1, 0.15) is 0 Å². The van der Waals surface area contributed by atoms with E-state index in [2.05, 4.69) is 39.8 Å². The zero-order valence-corrected chi connectivity index (χ0v) is 9.57. The molecule has 0 rings (SSSR count). The van der Waals surface area contributed by atoms with Gasteiger partial charge in [-0.05, 0) is 32.8 Å². The van der Waals surface area contributed by atoms with Gasteiger partial charge in [-0.3, -0.25) is 0 Å². The Hall–Kier alpha value is -0.520. The molecular formula is C12H24. The van der Waals surface area contributed by atoms with Gasteiger partial charge in [-0.15, -0.1) is 0 Å². The lowest BCUT2D eigenvalue weighted by molar-refractivity contribution is 0.908. The van der Waals surface area contributed by atoms with Crippen LogP contribution < -0.4 is 0 Å². The van der Waals surface area contributed by atoms with Crippen molar-refractivity contribution in [1.82, 2.24) is 0 Å². The Morgan fingerprint density at radius 1 is 1.08 bits per heavy atom. The summed E-state index contributed by atoms with van der Waals surface area (Å²) in [7, 11) is 0. The van der Waals surface area contributed by atoms with Crippen molar-refractivity contribution in [3.8, 4) is 0 Å². The van der Waals surface area contributed by atoms with E-state index in [1.165, 1.54) is 24.0 Å². The maximum absolute atomic E-state index is 2.21. The molecule has 0 aromatic rings. The fraction of sp³-hybridized carbons (Fsp3) is 0.667. The third-order valence-corrected chi connectivity index (χ3v) is 1.81. The van der Waals surface area contributed by atoms with Gasteiger partial charge < -0.3 is 0 Å². The monoisotopic (exact) mass is 168 g/mol. The molecule has 72 valence electrons. The van der Waals surface area contributed by atoms with E-state index in [0.29, 0.717) is 0 Å². The highest BCUT2D eigenvalue weighted by Crippen LogP contribution is 2.14. The van der Waals surface area contributed by atoms with Crippen molar-refractivity contribution >= 4 is 0 Å². The fourth-order valence-electron chi connectivity index (χ4n) is 1.02. The molecule has 0 nitrogen and oxygen atoms in total. The molecule has 0 saturated heterocycles. The zero-order valence-electron chi connectivity index (χ0n) is 9.57. The molecule has 0 atom stereocenters. The zero-order chi connectivity index (χ0) is 9.98. The Bertz CT molecular complexity index is 138. The summed E-state index contributed by atoms with van der Waals surface area (Å²) >= 11 is 0. The van der Waals surface area contributed by atoms with Crippen molar-refractivity contribution in [3.63, 3.8) is 0 Å². The minimum Gasteiger partial charge on any atom is -0.0845 e. The highest BCUT2D eigenvalue weighted by atomic mass is 14.0. The Kier molecular flexibility index (Phi) is 12.3. The average Bonchev–Trinajstić information content (AvgIpc) is 2.16. The molecule has 0 aliphatic rings. The predicted octanol–water partition coefficient (Wildman–Crippen LogP) is 4.73. The van der Waals surface area contributed by atoms with E-state index in [0.717, 1.165) is 0 Å². The van der Waals surface area contributed by atoms with E-state index < -0.39 is 0 Å². The van der Waals surface area contributed by atoms with E-state index in [-0.39, 0.29) is 0 Å². The fourth-order valence-corrected chi connectivity index (χ4v) is 1.02. The molecule has 0 spiro atoms. The van der Waals surface area contributed by atoms with Gasteiger partial charge in [0.2, 0.25) is 0 Å². The van der Waals surface area contributed by atoms with Gasteiger partial charge in [-0.1, -0.05) is 44.9 Å². The quantitative estimate of drug-likeness (QED) is 0.535. The predicted molar refractivity (Wildman–Crippen MR) is 59.4 cm³/mol. The molecule has 0 amide bonds. The van der Waals surface area contributed by atoms with Crippen LogP contribution in [0, 0.1) is 0 Å². The van der Waals surface area contributed by atoms with Gasteiger partial charge in [0.25, 0.3) is 0 Å². The molecule has 0 aromatic heterocycles. The van der Waals surface area contributed by atoms with E-state index in [1.807, 2.05) is 13.8 Å². The van der Waals surface area contributed by atoms with E-state index >= 15 is 0 Å². The summed E-state index contributed by atoms with van der Waals surface area (Å²) in [6.45, 7) is 12.6. The Balaban J connectivity index is 0. The van der Waals surface area contributed by atoms with Crippen molar-refractivity contribution in [1.29, 1.82) is 0 Å². The van der Waals surface area contributed by atoms with Gasteiger partial charge >= 0.3 is 0 Å². The summed E-state index contributed by atoms with van der Waals surface area (Å²) in [6, 6.07) is 0. The van der Waals surface area contributed by atoms with Gasteiger partial charge in [0, 0.05) is 0 Å². The molecule has 0 radical (unpaired) electrons. The third kappa shape index (κ3) is 6.21. The minimum atomic E-state index is 1.21. The molecule has 0 unspecified atom stereocenters. The summed E-state index contributed by atoms with van der Waals surface area (Å²) in [6.07, 6.45) is 6.83. The molecular weight excluding hydrogens is 144 g/mol. The second-order valence-electron chi connectivity index (χ2n) is 2.54. The second kappa shape index (κ2) is 10.5. The molecule has 0 aromatic carbocycles. The summed E-state index contributed by atoms with van der Waals surface area (Å²) in [4.78, 5) is 0. The third-order valence-electron chi connectivity index (χ3n) is 1.81. The number of rotatable bonds is 3. The highest BCUT2D eigenvalue weighted by Gasteiger charge is 1.94. The van der Waals surface area contributed by atoms with Crippen LogP contribution in [0.3, 0.4) is 0 Å². The van der Waals surface area contributed by atoms with Crippen molar-refractivity contribution in [2.45, 2.75) is 54.4 Å². The topological polar surface area (TPSA) is 0 Å². The number of hydrogen-bond acceptors (Lipinski definition) is 0. The largest absolute Gasteiger partial charge is 0.0845 e. The normalized spacial score (nSPS) is 12.2. The van der Waals surface area contributed by atoms with Gasteiger partial charge in [0.05, 0.1) is 0 Å². The summed E-state index contributed by atoms with van der Waals surface area (Å²) in [5.74, 6) is 0. The SMILES string of the molecule is C/C=C(C)\C(=C/C)CCC.CC. The van der Waals surface area contributed by atoms with Crippen LogP contribution in [0.1, 0.15) is 54.4 Å². The lowest BCUT2D eigenvalue weighted by atomic mass is 10.0. The average molecular weight is 168 g/mol. The first kappa shape index (κ1) is 14.0. The van der Waals surface area contributed by atoms with E-state index in [1.54, 1.807) is 0 Å². The van der Waals surface area contributed by atoms with E-state index in [9.17, 15) is 0 Å². The first-order valence-corrected chi connectivity index (χ1v) is 5.04. The van der Waals surface area contributed by atoms with Crippen LogP contribution in [0.5, 0.6) is 0 Å². The first-order chi connectivity index (χ1) is 5.76. The maximum Gasteiger partial charge on any atom is -0.0282 e. The summed E-state index contributed by atoms with van der Waals surface area (Å²) in [5, 5.41) is 0. The molecule has 0 heterocycles. The van der Waals surface area contributed by atoms with Crippen LogP contribution in [0.2, 0.25) is 0 Å². The van der Waals surface area contributed by atoms with Crippen molar-refractivity contribution in [2.75, 3.05) is 0 Å². The smallest absolute Gasteiger partial charge is 0.0282 e. The molecule has 0 bridgehead atoms. The number of hydrogen-bond donors (Lipinski definition) is 0. The van der Waals surface area contributed by atoms with Gasteiger partial charge in [-0.2, -0.15) is 0 Å². The number of allylic oxidation sites excluding steroid dienone is 4. The molecule has 0 heteroatoms. The standard InChI is InChI=1S/C10H18.C2H6/c1-5-8-10(7-3)9(4)6-2;1-2/h6-7H,5,8H2,1-4H3;1-2H3/b9-6-,10-7-;. The Labute approximate surface area is 78.4 Å². The summed E-state index contributed by atoms with van der Waals surface area (Å²) < 4.78 is 0. The van der Waals surface area contributed by atoms with Gasteiger partial charge in [-0.25, -0.2) is 0 Å². The molecule has 0 N–H and O–H groups in total. The lowest BCUT2D eigenvalue weighted by Gasteiger charge is -2.03. The Morgan fingerprint density at radius 2 is 1.58 bits per heavy atom. The van der Waals surface area contributed by atoms with Gasteiger partial charge in [0.15, 0.2) is 0 Å². The van der Waals surface area contributed by atoms with Crippen LogP contribution in [0.4, 0.5) is 0 Å². The molecule has 0 aliphatic carbocycles. The Morgan fingerprint density at radius 3 is 1.83 bits per heavy atom. The van der Waals surface area contributed by atoms with Crippen LogP contribution in [-0.4, -0.2) is 0 Å². The molecule has 12 heavy (non-hydrogen) atoms. The lowest BCUT2D eigenvalue weighted by Crippen LogP contribution is -1.83. The van der Waals surface area contributed by atoms with Crippen molar-refractivity contribution in [3.05, 3.63) is 23.3 Å². The second-order valence-corrected chi connectivity index (χ2v) is 2.54. The van der Waals surface area contributed by atoms with E-state index in [4.69, 9.17) is 0 Å². The van der Waals surface area contributed by atoms with Crippen molar-refractivity contribution in [2.24, 2.45) is 0 Å². The molecule has 0 aliphatic heterocycles. The van der Waals surface area contributed by atoms with Crippen LogP contribution in [0.15, 0.2) is 23.3 Å². The molecule has 0 fully saturated rings. The minimum absolute atomic E-state index is 1.21. The molecule has 0 saturated carbocycles. The first-order valence-electron chi connectivity index (χ1n) is 5.04. The van der Waals surface area contributed by atoms with Crippen LogP contribution in [0.25, 0.3) is 0 Å². The summed E-state index contributed by atoms with van der Waals surface area (Å²) in [5.41, 5.74) is 2.91. The van der Waals surface area contributed by atoms with Crippen LogP contribution in [-0.2, 0) is 0 Å². The highest BCUT2D eigenvalue weighted by molar-refractivity contribution is 5.27. The van der Waals surface area contributed by atoms with Crippen molar-refractivity contribution < 1.29 is 0 Å².